The second kappa shape index (κ2) is 3.39. The zero-order valence-corrected chi connectivity index (χ0v) is 7.43. The summed E-state index contributed by atoms with van der Waals surface area (Å²) in [5, 5.41) is -0.122. The summed E-state index contributed by atoms with van der Waals surface area (Å²) < 4.78 is 0. The van der Waals surface area contributed by atoms with Crippen LogP contribution in [0.4, 0.5) is 0 Å². The van der Waals surface area contributed by atoms with Crippen LogP contribution in [0.25, 0.3) is 0 Å². The van der Waals surface area contributed by atoms with Gasteiger partial charge in [-0.05, 0) is 19.8 Å². The Bertz CT molecular complexity index is 169. The molecule has 0 aromatic rings. The van der Waals surface area contributed by atoms with E-state index in [1.807, 2.05) is 0 Å². The fraction of sp³-hybridized carbons (Fsp3) is 0.750. The van der Waals surface area contributed by atoms with Crippen molar-refractivity contribution in [3.8, 4) is 0 Å². The fourth-order valence-electron chi connectivity index (χ4n) is 1.74. The van der Waals surface area contributed by atoms with Crippen molar-refractivity contribution in [3.63, 3.8) is 0 Å². The average Bonchev–Trinajstić information content (AvgIpc) is 2.32. The number of ketones is 1. The van der Waals surface area contributed by atoms with Crippen LogP contribution in [0.1, 0.15) is 26.2 Å². The van der Waals surface area contributed by atoms with Crippen LogP contribution in [-0.4, -0.2) is 10.9 Å². The molecule has 11 heavy (non-hydrogen) atoms. The largest absolute Gasteiger partial charge is 0.300 e. The molecule has 0 radical (unpaired) electrons. The summed E-state index contributed by atoms with van der Waals surface area (Å²) in [6.07, 6.45) is 2.69. The minimum Gasteiger partial charge on any atom is -0.300 e. The normalized spacial score (nSPS) is 30.4. The minimum absolute atomic E-state index is 0.0417. The van der Waals surface area contributed by atoms with E-state index in [9.17, 15) is 9.59 Å². The first-order valence-electron chi connectivity index (χ1n) is 3.86. The smallest absolute Gasteiger partial charge is 0.189 e. The van der Waals surface area contributed by atoms with Gasteiger partial charge in [-0.15, -0.1) is 12.6 Å². The predicted octanol–water partition coefficient (Wildman–Crippen LogP) is 1.45. The van der Waals surface area contributed by atoms with Crippen molar-refractivity contribution in [1.82, 2.24) is 0 Å². The highest BCUT2D eigenvalue weighted by atomic mass is 32.1. The van der Waals surface area contributed by atoms with Crippen molar-refractivity contribution in [2.75, 3.05) is 0 Å². The summed E-state index contributed by atoms with van der Waals surface area (Å²) in [4.78, 5) is 21.8. The van der Waals surface area contributed by atoms with Crippen LogP contribution in [0.15, 0.2) is 0 Å². The maximum absolute atomic E-state index is 11.0. The van der Waals surface area contributed by atoms with E-state index in [1.165, 1.54) is 0 Å². The third-order valence-corrected chi connectivity index (χ3v) is 2.69. The Morgan fingerprint density at radius 3 is 2.18 bits per heavy atom. The van der Waals surface area contributed by atoms with Gasteiger partial charge in [0.2, 0.25) is 0 Å². The van der Waals surface area contributed by atoms with Crippen LogP contribution in [-0.2, 0) is 9.59 Å². The van der Waals surface area contributed by atoms with Crippen molar-refractivity contribution >= 4 is 23.5 Å². The summed E-state index contributed by atoms with van der Waals surface area (Å²) in [6, 6.07) is 0. The number of carbonyl (C=O) groups excluding carboxylic acids is 2. The first kappa shape index (κ1) is 8.78. The molecule has 0 aliphatic heterocycles. The van der Waals surface area contributed by atoms with Crippen LogP contribution in [0.3, 0.4) is 0 Å². The minimum atomic E-state index is -0.122. The molecule has 1 saturated carbocycles. The van der Waals surface area contributed by atoms with E-state index >= 15 is 0 Å². The Labute approximate surface area is 71.8 Å². The van der Waals surface area contributed by atoms with Gasteiger partial charge in [0.05, 0.1) is 0 Å². The standard InChI is InChI=1S/C8H12O2S/c1-5(9)6-3-2-4-7(6)8(10)11/h6-7H,2-4H2,1H3,(H,10,11). The quantitative estimate of drug-likeness (QED) is 0.640. The molecule has 0 aromatic heterocycles. The molecule has 2 atom stereocenters. The second-order valence-electron chi connectivity index (χ2n) is 3.09. The molecular formula is C8H12O2S. The monoisotopic (exact) mass is 172 g/mol. The van der Waals surface area contributed by atoms with Gasteiger partial charge >= 0.3 is 0 Å². The lowest BCUT2D eigenvalue weighted by Gasteiger charge is -2.11. The van der Waals surface area contributed by atoms with Gasteiger partial charge in [0.1, 0.15) is 5.78 Å². The van der Waals surface area contributed by atoms with Crippen molar-refractivity contribution in [3.05, 3.63) is 0 Å². The molecule has 0 spiro atoms. The molecule has 1 aliphatic carbocycles. The zero-order chi connectivity index (χ0) is 8.43. The number of hydrogen-bond acceptors (Lipinski definition) is 2. The van der Waals surface area contributed by atoms with Gasteiger partial charge in [-0.1, -0.05) is 6.42 Å². The Hall–Kier alpha value is -0.310. The molecule has 2 nitrogen and oxygen atoms in total. The molecule has 0 amide bonds. The Balaban J connectivity index is 2.65. The zero-order valence-electron chi connectivity index (χ0n) is 6.54. The lowest BCUT2D eigenvalue weighted by atomic mass is 9.94. The van der Waals surface area contributed by atoms with E-state index in [0.717, 1.165) is 19.3 Å². The maximum Gasteiger partial charge on any atom is 0.189 e. The molecule has 1 fully saturated rings. The predicted molar refractivity (Wildman–Crippen MR) is 45.5 cm³/mol. The SMILES string of the molecule is CC(=O)C1CCCC1C(=O)S. The molecule has 0 bridgehead atoms. The van der Waals surface area contributed by atoms with Crippen molar-refractivity contribution in [1.29, 1.82) is 0 Å². The van der Waals surface area contributed by atoms with Crippen LogP contribution < -0.4 is 0 Å². The van der Waals surface area contributed by atoms with E-state index in [2.05, 4.69) is 12.6 Å². The highest BCUT2D eigenvalue weighted by molar-refractivity contribution is 7.96. The Morgan fingerprint density at radius 1 is 1.27 bits per heavy atom. The Kier molecular flexibility index (Phi) is 2.71. The van der Waals surface area contributed by atoms with Gasteiger partial charge in [0.15, 0.2) is 5.12 Å². The molecule has 2 unspecified atom stereocenters. The average molecular weight is 172 g/mol. The molecule has 0 saturated heterocycles. The van der Waals surface area contributed by atoms with E-state index in [4.69, 9.17) is 0 Å². The van der Waals surface area contributed by atoms with Crippen molar-refractivity contribution < 1.29 is 9.59 Å². The van der Waals surface area contributed by atoms with Crippen LogP contribution in [0.2, 0.25) is 0 Å². The van der Waals surface area contributed by atoms with Gasteiger partial charge in [0, 0.05) is 11.8 Å². The summed E-state index contributed by atoms with van der Waals surface area (Å²) >= 11 is 3.76. The van der Waals surface area contributed by atoms with Crippen LogP contribution >= 0.6 is 12.6 Å². The van der Waals surface area contributed by atoms with E-state index < -0.39 is 0 Å². The van der Waals surface area contributed by atoms with E-state index in [0.29, 0.717) is 0 Å². The summed E-state index contributed by atoms with van der Waals surface area (Å²) in [5.74, 6) is -0.00858. The van der Waals surface area contributed by atoms with Crippen molar-refractivity contribution in [2.24, 2.45) is 11.8 Å². The van der Waals surface area contributed by atoms with Crippen molar-refractivity contribution in [2.45, 2.75) is 26.2 Å². The fourth-order valence-corrected chi connectivity index (χ4v) is 2.05. The third kappa shape index (κ3) is 1.83. The highest BCUT2D eigenvalue weighted by Crippen LogP contribution is 2.33. The number of thiol groups is 1. The van der Waals surface area contributed by atoms with Gasteiger partial charge in [-0.25, -0.2) is 0 Å². The molecule has 62 valence electrons. The topological polar surface area (TPSA) is 34.1 Å². The highest BCUT2D eigenvalue weighted by Gasteiger charge is 2.33. The van der Waals surface area contributed by atoms with Crippen LogP contribution in [0.5, 0.6) is 0 Å². The molecular weight excluding hydrogens is 160 g/mol. The van der Waals surface area contributed by atoms with E-state index in [-0.39, 0.29) is 22.7 Å². The molecule has 1 aliphatic rings. The molecule has 0 heterocycles. The summed E-state index contributed by atoms with van der Waals surface area (Å²) in [5.41, 5.74) is 0. The van der Waals surface area contributed by atoms with Gasteiger partial charge in [-0.2, -0.15) is 0 Å². The first-order valence-corrected chi connectivity index (χ1v) is 4.31. The number of hydrogen-bond donors (Lipinski definition) is 1. The van der Waals surface area contributed by atoms with Crippen LogP contribution in [0, 0.1) is 11.8 Å². The maximum atomic E-state index is 11.0. The lowest BCUT2D eigenvalue weighted by Crippen LogP contribution is -2.20. The molecule has 3 heteroatoms. The number of carbonyl (C=O) groups is 2. The summed E-state index contributed by atoms with van der Waals surface area (Å²) in [7, 11) is 0. The van der Waals surface area contributed by atoms with Gasteiger partial charge in [-0.3, -0.25) is 9.59 Å². The van der Waals surface area contributed by atoms with Gasteiger partial charge < -0.3 is 0 Å². The number of Topliss-reactive ketones (excluding diaryl/α,β-unsaturated/α-hetero) is 1. The first-order chi connectivity index (χ1) is 5.13. The number of rotatable bonds is 2. The molecule has 0 aromatic carbocycles. The van der Waals surface area contributed by atoms with Gasteiger partial charge in [0.25, 0.3) is 0 Å². The Morgan fingerprint density at radius 2 is 1.82 bits per heavy atom. The summed E-state index contributed by atoms with van der Waals surface area (Å²) in [6.45, 7) is 1.56. The molecule has 1 rings (SSSR count). The van der Waals surface area contributed by atoms with E-state index in [1.54, 1.807) is 6.92 Å². The third-order valence-electron chi connectivity index (χ3n) is 2.36. The molecule has 0 N–H and O–H groups in total. The lowest BCUT2D eigenvalue weighted by molar-refractivity contribution is -0.126. The second-order valence-corrected chi connectivity index (χ2v) is 3.53.